The molecule has 2 unspecified atom stereocenters. The minimum Gasteiger partial charge on any atom is -0.390 e. The number of rotatable bonds is 6. The number of hydrogen-bond acceptors (Lipinski definition) is 2. The molecule has 118 valence electrons. The van der Waals surface area contributed by atoms with Crippen LogP contribution in [0, 0.1) is 11.7 Å². The van der Waals surface area contributed by atoms with Gasteiger partial charge < -0.3 is 9.84 Å². The summed E-state index contributed by atoms with van der Waals surface area (Å²) in [6, 6.07) is 4.27. The SMILES string of the molecule is CCOC(C(O)Cc1cc(F)ccc1Cl)C1CCCCC1. The third kappa shape index (κ3) is 4.67. The molecule has 0 radical (unpaired) electrons. The second-order valence-electron chi connectivity index (χ2n) is 5.83. The Morgan fingerprint density at radius 1 is 1.33 bits per heavy atom. The maximum Gasteiger partial charge on any atom is 0.123 e. The van der Waals surface area contributed by atoms with Crippen LogP contribution in [0.2, 0.25) is 5.02 Å². The molecular formula is C17H24ClFO2. The van der Waals surface area contributed by atoms with Crippen LogP contribution in [0.15, 0.2) is 18.2 Å². The Kier molecular flexibility index (Phi) is 6.46. The van der Waals surface area contributed by atoms with E-state index in [0.29, 0.717) is 29.5 Å². The number of aliphatic hydroxyl groups is 1. The number of aliphatic hydroxyl groups excluding tert-OH is 1. The largest absolute Gasteiger partial charge is 0.390 e. The highest BCUT2D eigenvalue weighted by Crippen LogP contribution is 2.31. The van der Waals surface area contributed by atoms with Crippen LogP contribution in [-0.2, 0) is 11.2 Å². The molecule has 1 aromatic carbocycles. The fourth-order valence-electron chi connectivity index (χ4n) is 3.26. The second-order valence-corrected chi connectivity index (χ2v) is 6.23. The lowest BCUT2D eigenvalue weighted by atomic mass is 9.82. The standard InChI is InChI=1S/C17H24ClFO2/c1-2-21-17(12-6-4-3-5-7-12)16(20)11-13-10-14(19)8-9-15(13)18/h8-10,12,16-17,20H,2-7,11H2,1H3. The summed E-state index contributed by atoms with van der Waals surface area (Å²) in [6.07, 6.45) is 5.35. The molecule has 0 aromatic heterocycles. The minimum absolute atomic E-state index is 0.186. The fourth-order valence-corrected chi connectivity index (χ4v) is 3.45. The van der Waals surface area contributed by atoms with E-state index >= 15 is 0 Å². The van der Waals surface area contributed by atoms with E-state index in [1.165, 1.54) is 37.5 Å². The van der Waals surface area contributed by atoms with Crippen LogP contribution in [0.4, 0.5) is 4.39 Å². The number of halogens is 2. The van der Waals surface area contributed by atoms with Gasteiger partial charge in [-0.05, 0) is 49.4 Å². The highest BCUT2D eigenvalue weighted by molar-refractivity contribution is 6.31. The first-order valence-electron chi connectivity index (χ1n) is 7.85. The molecule has 1 aromatic rings. The van der Waals surface area contributed by atoms with Gasteiger partial charge in [0.1, 0.15) is 5.82 Å². The summed E-state index contributed by atoms with van der Waals surface area (Å²) >= 11 is 6.09. The predicted molar refractivity (Wildman–Crippen MR) is 83.1 cm³/mol. The minimum atomic E-state index is -0.646. The van der Waals surface area contributed by atoms with E-state index in [9.17, 15) is 9.50 Å². The number of hydrogen-bond donors (Lipinski definition) is 1. The van der Waals surface area contributed by atoms with Gasteiger partial charge in [0.05, 0.1) is 12.2 Å². The quantitative estimate of drug-likeness (QED) is 0.845. The maximum absolute atomic E-state index is 13.3. The average molecular weight is 315 g/mol. The molecule has 2 atom stereocenters. The first-order valence-corrected chi connectivity index (χ1v) is 8.23. The summed E-state index contributed by atoms with van der Waals surface area (Å²) in [5, 5.41) is 11.0. The molecule has 0 heterocycles. The summed E-state index contributed by atoms with van der Waals surface area (Å²) in [5.74, 6) is 0.0632. The third-order valence-electron chi connectivity index (χ3n) is 4.29. The normalized spacial score (nSPS) is 19.4. The zero-order valence-electron chi connectivity index (χ0n) is 12.5. The summed E-state index contributed by atoms with van der Waals surface area (Å²) in [6.45, 7) is 2.52. The van der Waals surface area contributed by atoms with E-state index in [0.717, 1.165) is 12.8 Å². The molecule has 0 bridgehead atoms. The van der Waals surface area contributed by atoms with E-state index in [1.807, 2.05) is 6.92 Å². The lowest BCUT2D eigenvalue weighted by Crippen LogP contribution is -2.38. The molecule has 1 aliphatic rings. The van der Waals surface area contributed by atoms with Crippen molar-refractivity contribution in [1.29, 1.82) is 0 Å². The molecule has 1 N–H and O–H groups in total. The first kappa shape index (κ1) is 16.7. The van der Waals surface area contributed by atoms with E-state index < -0.39 is 6.10 Å². The molecular weight excluding hydrogens is 291 g/mol. The van der Waals surface area contributed by atoms with Gasteiger partial charge in [0.25, 0.3) is 0 Å². The highest BCUT2D eigenvalue weighted by Gasteiger charge is 2.30. The Balaban J connectivity index is 2.06. The number of ether oxygens (including phenoxy) is 1. The smallest absolute Gasteiger partial charge is 0.123 e. The Morgan fingerprint density at radius 2 is 2.05 bits per heavy atom. The molecule has 0 amide bonds. The Bertz CT molecular complexity index is 446. The second kappa shape index (κ2) is 8.11. The summed E-state index contributed by atoms with van der Waals surface area (Å²) in [5.41, 5.74) is 0.643. The van der Waals surface area contributed by atoms with Gasteiger partial charge in [-0.3, -0.25) is 0 Å². The molecule has 0 aliphatic heterocycles. The van der Waals surface area contributed by atoms with E-state index in [2.05, 4.69) is 0 Å². The zero-order valence-corrected chi connectivity index (χ0v) is 13.3. The van der Waals surface area contributed by atoms with Gasteiger partial charge in [-0.25, -0.2) is 4.39 Å². The van der Waals surface area contributed by atoms with Crippen LogP contribution in [0.3, 0.4) is 0 Å². The topological polar surface area (TPSA) is 29.5 Å². The van der Waals surface area contributed by atoms with Crippen LogP contribution in [0.1, 0.15) is 44.6 Å². The fraction of sp³-hybridized carbons (Fsp3) is 0.647. The molecule has 21 heavy (non-hydrogen) atoms. The van der Waals surface area contributed by atoms with Gasteiger partial charge in [0.15, 0.2) is 0 Å². The van der Waals surface area contributed by atoms with Crippen molar-refractivity contribution in [3.8, 4) is 0 Å². The van der Waals surface area contributed by atoms with Crippen LogP contribution in [0.25, 0.3) is 0 Å². The third-order valence-corrected chi connectivity index (χ3v) is 4.66. The van der Waals surface area contributed by atoms with Crippen LogP contribution in [-0.4, -0.2) is 23.9 Å². The van der Waals surface area contributed by atoms with Crippen molar-refractivity contribution < 1.29 is 14.2 Å². The predicted octanol–water partition coefficient (Wildman–Crippen LogP) is 4.37. The lowest BCUT2D eigenvalue weighted by molar-refractivity contribution is -0.0715. The van der Waals surface area contributed by atoms with Crippen molar-refractivity contribution in [1.82, 2.24) is 0 Å². The van der Waals surface area contributed by atoms with Gasteiger partial charge in [-0.15, -0.1) is 0 Å². The van der Waals surface area contributed by atoms with Gasteiger partial charge in [0.2, 0.25) is 0 Å². The molecule has 0 spiro atoms. The zero-order chi connectivity index (χ0) is 15.2. The summed E-state index contributed by atoms with van der Waals surface area (Å²) in [4.78, 5) is 0. The molecule has 1 fully saturated rings. The molecule has 1 aliphatic carbocycles. The molecule has 0 saturated heterocycles. The molecule has 4 heteroatoms. The maximum atomic E-state index is 13.3. The Morgan fingerprint density at radius 3 is 2.71 bits per heavy atom. The van der Waals surface area contributed by atoms with Crippen molar-refractivity contribution in [3.05, 3.63) is 34.6 Å². The molecule has 2 rings (SSSR count). The summed E-state index contributed by atoms with van der Waals surface area (Å²) in [7, 11) is 0. The van der Waals surface area contributed by atoms with E-state index in [4.69, 9.17) is 16.3 Å². The van der Waals surface area contributed by atoms with E-state index in [-0.39, 0.29) is 11.9 Å². The first-order chi connectivity index (χ1) is 10.1. The Labute approximate surface area is 131 Å². The summed E-state index contributed by atoms with van der Waals surface area (Å²) < 4.78 is 19.1. The average Bonchev–Trinajstić information content (AvgIpc) is 2.49. The lowest BCUT2D eigenvalue weighted by Gasteiger charge is -2.33. The van der Waals surface area contributed by atoms with E-state index in [1.54, 1.807) is 0 Å². The van der Waals surface area contributed by atoms with Crippen molar-refractivity contribution in [2.24, 2.45) is 5.92 Å². The van der Waals surface area contributed by atoms with Crippen LogP contribution in [0.5, 0.6) is 0 Å². The van der Waals surface area contributed by atoms with Crippen molar-refractivity contribution >= 4 is 11.6 Å². The highest BCUT2D eigenvalue weighted by atomic mass is 35.5. The van der Waals surface area contributed by atoms with Crippen LogP contribution < -0.4 is 0 Å². The van der Waals surface area contributed by atoms with Gasteiger partial charge in [-0.1, -0.05) is 30.9 Å². The van der Waals surface area contributed by atoms with Crippen molar-refractivity contribution in [3.63, 3.8) is 0 Å². The monoisotopic (exact) mass is 314 g/mol. The molecule has 2 nitrogen and oxygen atoms in total. The Hall–Kier alpha value is -0.640. The van der Waals surface area contributed by atoms with Gasteiger partial charge >= 0.3 is 0 Å². The van der Waals surface area contributed by atoms with Crippen molar-refractivity contribution in [2.75, 3.05) is 6.61 Å². The van der Waals surface area contributed by atoms with Gasteiger partial charge in [0, 0.05) is 18.1 Å². The van der Waals surface area contributed by atoms with Gasteiger partial charge in [-0.2, -0.15) is 0 Å². The van der Waals surface area contributed by atoms with Crippen molar-refractivity contribution in [2.45, 2.75) is 57.7 Å². The number of benzene rings is 1. The molecule has 1 saturated carbocycles. The van der Waals surface area contributed by atoms with Crippen LogP contribution >= 0.6 is 11.6 Å².